The number of fused-ring (bicyclic) bond motifs is 1. The fraction of sp³-hybridized carbons (Fsp3) is 0.211. The van der Waals surface area contributed by atoms with Crippen molar-refractivity contribution >= 4 is 49.0 Å². The first-order valence-electron chi connectivity index (χ1n) is 8.92. The van der Waals surface area contributed by atoms with Gasteiger partial charge in [-0.15, -0.1) is 0 Å². The first kappa shape index (κ1) is 22.3. The van der Waals surface area contributed by atoms with Crippen LogP contribution in [0.25, 0.3) is 10.2 Å². The Morgan fingerprint density at radius 3 is 2.45 bits per heavy atom. The lowest BCUT2D eigenvalue weighted by atomic mass is 10.2. The monoisotopic (exact) mass is 463 g/mol. The van der Waals surface area contributed by atoms with Gasteiger partial charge in [-0.3, -0.25) is 19.7 Å². The minimum Gasteiger partial charge on any atom is -0.465 e. The summed E-state index contributed by atoms with van der Waals surface area (Å²) in [6.45, 7) is 1.60. The Kier molecular flexibility index (Phi) is 6.32. The number of nitro groups is 1. The quantitative estimate of drug-likeness (QED) is 0.311. The molecule has 12 heteroatoms. The van der Waals surface area contributed by atoms with Gasteiger partial charge in [0.2, 0.25) is 0 Å². The summed E-state index contributed by atoms with van der Waals surface area (Å²) < 4.78 is 30.0. The maximum absolute atomic E-state index is 12.6. The Balaban J connectivity index is 2.09. The Bertz CT molecular complexity index is 1350. The zero-order valence-electron chi connectivity index (χ0n) is 16.5. The van der Waals surface area contributed by atoms with Gasteiger partial charge >= 0.3 is 5.97 Å². The number of nitro benzene ring substituents is 1. The van der Waals surface area contributed by atoms with E-state index < -0.39 is 26.6 Å². The summed E-state index contributed by atoms with van der Waals surface area (Å²) in [4.78, 5) is 39.5. The molecule has 0 fully saturated rings. The summed E-state index contributed by atoms with van der Waals surface area (Å²) >= 11 is 1.01. The van der Waals surface area contributed by atoms with Crippen LogP contribution in [0.2, 0.25) is 0 Å². The number of aromatic nitrogens is 1. The second-order valence-corrected chi connectivity index (χ2v) is 9.42. The molecule has 0 atom stereocenters. The highest BCUT2D eigenvalue weighted by Gasteiger charge is 2.16. The number of ether oxygens (including phenoxy) is 1. The average Bonchev–Trinajstić information content (AvgIpc) is 3.03. The zero-order valence-corrected chi connectivity index (χ0v) is 18.1. The minimum atomic E-state index is -3.41. The lowest BCUT2D eigenvalue weighted by molar-refractivity contribution is -0.384. The Morgan fingerprint density at radius 2 is 1.87 bits per heavy atom. The largest absolute Gasteiger partial charge is 0.465 e. The number of nitrogens with zero attached hydrogens (tertiary/aromatic N) is 3. The van der Waals surface area contributed by atoms with Crippen LogP contribution in [0, 0.1) is 10.1 Å². The van der Waals surface area contributed by atoms with Gasteiger partial charge in [-0.05, 0) is 37.3 Å². The van der Waals surface area contributed by atoms with Crippen molar-refractivity contribution in [2.75, 3.05) is 12.9 Å². The molecule has 0 bridgehead atoms. The van der Waals surface area contributed by atoms with Crippen molar-refractivity contribution < 1.29 is 27.7 Å². The molecule has 1 aromatic heterocycles. The predicted molar refractivity (Wildman–Crippen MR) is 113 cm³/mol. The molecule has 3 rings (SSSR count). The van der Waals surface area contributed by atoms with Gasteiger partial charge in [-0.25, -0.2) is 8.42 Å². The van der Waals surface area contributed by atoms with Crippen LogP contribution in [-0.2, 0) is 25.9 Å². The molecule has 0 aliphatic rings. The van der Waals surface area contributed by atoms with E-state index in [0.29, 0.717) is 10.2 Å². The van der Waals surface area contributed by atoms with Crippen LogP contribution in [0.15, 0.2) is 52.4 Å². The highest BCUT2D eigenvalue weighted by Crippen LogP contribution is 2.23. The van der Waals surface area contributed by atoms with Crippen molar-refractivity contribution in [2.45, 2.75) is 18.4 Å². The smallest absolute Gasteiger partial charge is 0.326 e. The fourth-order valence-electron chi connectivity index (χ4n) is 2.75. The van der Waals surface area contributed by atoms with E-state index in [0.717, 1.165) is 17.6 Å². The number of thiazole rings is 1. The molecule has 0 unspecified atom stereocenters. The van der Waals surface area contributed by atoms with Crippen LogP contribution in [0.1, 0.15) is 17.3 Å². The summed E-state index contributed by atoms with van der Waals surface area (Å²) in [5.74, 6) is -1.20. The van der Waals surface area contributed by atoms with Crippen molar-refractivity contribution in [2.24, 2.45) is 4.99 Å². The third kappa shape index (κ3) is 5.03. The molecule has 0 spiro atoms. The summed E-state index contributed by atoms with van der Waals surface area (Å²) in [6, 6.07) is 9.41. The van der Waals surface area contributed by atoms with Gasteiger partial charge in [0.25, 0.3) is 11.6 Å². The number of esters is 1. The first-order valence-corrected chi connectivity index (χ1v) is 11.6. The number of non-ortho nitro benzene ring substituents is 1. The Hall–Kier alpha value is -3.38. The normalized spacial score (nSPS) is 12.1. The second kappa shape index (κ2) is 8.78. The molecule has 3 aromatic rings. The van der Waals surface area contributed by atoms with Gasteiger partial charge in [0.1, 0.15) is 6.54 Å². The maximum Gasteiger partial charge on any atom is 0.326 e. The summed E-state index contributed by atoms with van der Waals surface area (Å²) in [6.07, 6.45) is 1.06. The third-order valence-electron chi connectivity index (χ3n) is 4.20. The van der Waals surface area contributed by atoms with E-state index in [2.05, 4.69) is 4.99 Å². The molecular formula is C19H17N3O7S2. The van der Waals surface area contributed by atoms with E-state index in [9.17, 15) is 28.1 Å². The molecule has 0 saturated heterocycles. The standard InChI is InChI=1S/C19H17N3O7S2/c1-3-29-17(23)11-21-15-9-6-13(22(25)26)10-16(15)30-19(21)20-18(24)12-4-7-14(8-5-12)31(2,27)28/h4-10H,3,11H2,1-2H3. The predicted octanol–water partition coefficient (Wildman–Crippen LogP) is 2.32. The van der Waals surface area contributed by atoms with Crippen LogP contribution in [0.5, 0.6) is 0 Å². The van der Waals surface area contributed by atoms with Gasteiger partial charge in [0.15, 0.2) is 14.6 Å². The van der Waals surface area contributed by atoms with Crippen LogP contribution < -0.4 is 4.80 Å². The molecule has 1 amide bonds. The van der Waals surface area contributed by atoms with Gasteiger partial charge in [0, 0.05) is 24.0 Å². The van der Waals surface area contributed by atoms with Crippen molar-refractivity contribution in [3.05, 3.63) is 62.9 Å². The minimum absolute atomic E-state index is 0.0654. The van der Waals surface area contributed by atoms with Crippen molar-refractivity contribution in [1.29, 1.82) is 0 Å². The Morgan fingerprint density at radius 1 is 1.19 bits per heavy atom. The van der Waals surface area contributed by atoms with Gasteiger partial charge in [-0.2, -0.15) is 4.99 Å². The molecule has 2 aromatic carbocycles. The zero-order chi connectivity index (χ0) is 22.8. The molecule has 0 saturated carbocycles. The summed E-state index contributed by atoms with van der Waals surface area (Å²) in [5.41, 5.74) is 0.507. The average molecular weight is 463 g/mol. The number of rotatable bonds is 6. The molecule has 0 aliphatic carbocycles. The molecule has 1 heterocycles. The number of hydrogen-bond acceptors (Lipinski definition) is 8. The molecule has 0 radical (unpaired) electrons. The van der Waals surface area contributed by atoms with Crippen LogP contribution in [-0.4, -0.2) is 42.6 Å². The fourth-order valence-corrected chi connectivity index (χ4v) is 4.44. The van der Waals surface area contributed by atoms with Gasteiger partial charge in [-0.1, -0.05) is 11.3 Å². The van der Waals surface area contributed by atoms with Crippen LogP contribution in [0.4, 0.5) is 5.69 Å². The van der Waals surface area contributed by atoms with Crippen molar-refractivity contribution in [1.82, 2.24) is 4.57 Å². The topological polar surface area (TPSA) is 138 Å². The molecule has 162 valence electrons. The van der Waals surface area contributed by atoms with E-state index >= 15 is 0 Å². The highest BCUT2D eigenvalue weighted by molar-refractivity contribution is 7.90. The number of hydrogen-bond donors (Lipinski definition) is 0. The maximum atomic E-state index is 12.6. The lowest BCUT2D eigenvalue weighted by Gasteiger charge is -2.05. The van der Waals surface area contributed by atoms with E-state index in [4.69, 9.17) is 4.74 Å². The molecule has 10 nitrogen and oxygen atoms in total. The van der Waals surface area contributed by atoms with Gasteiger partial charge in [0.05, 0.1) is 26.6 Å². The first-order chi connectivity index (χ1) is 14.6. The number of carbonyl (C=O) groups excluding carboxylic acids is 2. The number of amides is 1. The third-order valence-corrected chi connectivity index (χ3v) is 6.37. The highest BCUT2D eigenvalue weighted by atomic mass is 32.2. The lowest BCUT2D eigenvalue weighted by Crippen LogP contribution is -2.23. The van der Waals surface area contributed by atoms with Crippen LogP contribution in [0.3, 0.4) is 0 Å². The van der Waals surface area contributed by atoms with Crippen molar-refractivity contribution in [3.8, 4) is 0 Å². The van der Waals surface area contributed by atoms with E-state index in [1.807, 2.05) is 0 Å². The SMILES string of the molecule is CCOC(=O)Cn1c(=NC(=O)c2ccc(S(C)(=O)=O)cc2)sc2cc([N+](=O)[O-])ccc21. The molecule has 0 N–H and O–H groups in total. The van der Waals surface area contributed by atoms with Crippen molar-refractivity contribution in [3.63, 3.8) is 0 Å². The second-order valence-electron chi connectivity index (χ2n) is 6.40. The Labute approximate surface area is 180 Å². The molecule has 0 aliphatic heterocycles. The summed E-state index contributed by atoms with van der Waals surface area (Å²) in [5, 5.41) is 11.1. The van der Waals surface area contributed by atoms with E-state index in [-0.39, 0.29) is 34.1 Å². The molecular weight excluding hydrogens is 446 g/mol. The number of sulfone groups is 1. The van der Waals surface area contributed by atoms with E-state index in [1.165, 1.54) is 47.0 Å². The number of benzene rings is 2. The van der Waals surface area contributed by atoms with Gasteiger partial charge < -0.3 is 9.30 Å². The molecule has 31 heavy (non-hydrogen) atoms. The number of carbonyl (C=O) groups is 2. The van der Waals surface area contributed by atoms with E-state index in [1.54, 1.807) is 6.92 Å². The summed E-state index contributed by atoms with van der Waals surface area (Å²) in [7, 11) is -3.41. The van der Waals surface area contributed by atoms with Crippen LogP contribution >= 0.6 is 11.3 Å².